The first kappa shape index (κ1) is 30.0. The highest BCUT2D eigenvalue weighted by molar-refractivity contribution is 7.53. The molecule has 4 heterocycles. The van der Waals surface area contributed by atoms with Crippen molar-refractivity contribution in [3.8, 4) is 0 Å². The zero-order valence-electron chi connectivity index (χ0n) is 21.4. The molecule has 0 amide bonds. The van der Waals surface area contributed by atoms with Crippen LogP contribution >= 0.6 is 19.2 Å². The van der Waals surface area contributed by atoms with Gasteiger partial charge in [-0.15, -0.1) is 0 Å². The maximum Gasteiger partial charge on any atom is 0.438 e. The number of aromatic amines is 1. The molecular weight excluding hydrogens is 593 g/mol. The van der Waals surface area contributed by atoms with E-state index < -0.39 is 69.7 Å². The SMILES string of the molecule is O=c1[nH]c(COCC(CO)(OC[C@H]2O[C@@H](n3ncc4c(NC5CCCC5)nc(Cl)nc43)[C@H](O)[C@@H]2O)P(=O)(O)O)no1. The van der Waals surface area contributed by atoms with Gasteiger partial charge in [0.1, 0.15) is 30.7 Å². The van der Waals surface area contributed by atoms with Gasteiger partial charge in [0.15, 0.2) is 17.7 Å². The molecule has 1 aliphatic carbocycles. The number of hydrogen-bond acceptors (Lipinski definition) is 14. The number of ether oxygens (including phenoxy) is 3. The summed E-state index contributed by atoms with van der Waals surface area (Å²) in [6.45, 7) is -3.12. The maximum atomic E-state index is 12.3. The minimum Gasteiger partial charge on any atom is -0.393 e. The van der Waals surface area contributed by atoms with E-state index in [1.165, 1.54) is 10.9 Å². The van der Waals surface area contributed by atoms with Gasteiger partial charge in [-0.05, 0) is 24.4 Å². The van der Waals surface area contributed by atoms with Gasteiger partial charge in [-0.25, -0.2) is 9.48 Å². The quantitative estimate of drug-likeness (QED) is 0.0966. The number of rotatable bonds is 12. The van der Waals surface area contributed by atoms with Gasteiger partial charge in [0.25, 0.3) is 0 Å². The topological polar surface area (TPSA) is 260 Å². The van der Waals surface area contributed by atoms with E-state index in [0.29, 0.717) is 11.2 Å². The molecule has 0 bridgehead atoms. The summed E-state index contributed by atoms with van der Waals surface area (Å²) in [5.41, 5.74) is 0.225. The van der Waals surface area contributed by atoms with Gasteiger partial charge in [0.05, 0.1) is 31.4 Å². The number of nitrogens with one attached hydrogen (secondary N) is 2. The molecule has 0 aromatic carbocycles. The van der Waals surface area contributed by atoms with Crippen LogP contribution in [0.2, 0.25) is 5.28 Å². The predicted octanol–water partition coefficient (Wildman–Crippen LogP) is -0.771. The van der Waals surface area contributed by atoms with E-state index in [2.05, 4.69) is 35.0 Å². The molecule has 41 heavy (non-hydrogen) atoms. The Kier molecular flexibility index (Phi) is 8.77. The van der Waals surface area contributed by atoms with E-state index >= 15 is 0 Å². The third-order valence-corrected chi connectivity index (χ3v) is 8.68. The molecule has 20 heteroatoms. The summed E-state index contributed by atoms with van der Waals surface area (Å²) >= 11 is 6.17. The van der Waals surface area contributed by atoms with Crippen molar-refractivity contribution in [3.63, 3.8) is 0 Å². The lowest BCUT2D eigenvalue weighted by Gasteiger charge is -2.33. The Morgan fingerprint density at radius 1 is 1.24 bits per heavy atom. The number of anilines is 1. The van der Waals surface area contributed by atoms with Crippen LogP contribution in [0, 0.1) is 0 Å². The summed E-state index contributed by atoms with van der Waals surface area (Å²) in [6, 6.07) is 0.215. The van der Waals surface area contributed by atoms with E-state index in [-0.39, 0.29) is 22.8 Å². The predicted molar refractivity (Wildman–Crippen MR) is 137 cm³/mol. The minimum atomic E-state index is -5.20. The molecule has 226 valence electrons. The van der Waals surface area contributed by atoms with E-state index in [4.69, 9.17) is 25.8 Å². The second-order valence-electron chi connectivity index (χ2n) is 9.83. The lowest BCUT2D eigenvalue weighted by molar-refractivity contribution is -0.131. The molecule has 0 radical (unpaired) electrons. The van der Waals surface area contributed by atoms with Gasteiger partial charge in [-0.1, -0.05) is 18.0 Å². The zero-order valence-corrected chi connectivity index (χ0v) is 23.0. The van der Waals surface area contributed by atoms with Crippen LogP contribution in [-0.2, 0) is 25.4 Å². The third kappa shape index (κ3) is 6.17. The second-order valence-corrected chi connectivity index (χ2v) is 12.1. The molecule has 5 atom stereocenters. The molecule has 0 spiro atoms. The van der Waals surface area contributed by atoms with Crippen molar-refractivity contribution in [1.29, 1.82) is 0 Å². The largest absolute Gasteiger partial charge is 0.438 e. The Labute approximate surface area is 235 Å². The van der Waals surface area contributed by atoms with Crippen LogP contribution in [0.5, 0.6) is 0 Å². The van der Waals surface area contributed by atoms with E-state index in [1.807, 2.05) is 0 Å². The fourth-order valence-electron chi connectivity index (χ4n) is 4.79. The standard InChI is InChI=1S/C21H29ClN7O11P/c22-19-26-16(24-10-3-1-2-4-10)11-5-23-29(17(11)27-19)18-15(32)14(31)12(39-18)6-38-21(8-30,41(34,35)36)9-37-7-13-25-20(33)40-28-13/h5,10,12,14-15,18,30-32H,1-4,6-9H2,(H,24,26,27)(H,25,28,33)(H2,34,35,36)/t12-,14-,15-,18-,21?/m1/s1. The Morgan fingerprint density at radius 2 is 2.00 bits per heavy atom. The van der Waals surface area contributed by atoms with E-state index in [1.54, 1.807) is 0 Å². The molecule has 1 aliphatic heterocycles. The zero-order chi connectivity index (χ0) is 29.4. The van der Waals surface area contributed by atoms with Crippen molar-refractivity contribution in [3.05, 3.63) is 27.9 Å². The highest BCUT2D eigenvalue weighted by atomic mass is 35.5. The summed E-state index contributed by atoms with van der Waals surface area (Å²) < 4.78 is 34.3. The van der Waals surface area contributed by atoms with Crippen molar-refractivity contribution >= 4 is 36.0 Å². The molecule has 5 rings (SSSR count). The summed E-state index contributed by atoms with van der Waals surface area (Å²) in [4.78, 5) is 41.6. The van der Waals surface area contributed by atoms with Crippen LogP contribution in [0.1, 0.15) is 37.7 Å². The Hall–Kier alpha value is -2.51. The average Bonchev–Trinajstić information content (AvgIpc) is 3.71. The lowest BCUT2D eigenvalue weighted by atomic mass is 10.1. The number of aliphatic hydroxyl groups excluding tert-OH is 3. The fourth-order valence-corrected chi connectivity index (χ4v) is 5.64. The van der Waals surface area contributed by atoms with Gasteiger partial charge >= 0.3 is 13.4 Å². The molecule has 2 fully saturated rings. The van der Waals surface area contributed by atoms with E-state index in [0.717, 1.165) is 25.7 Å². The number of hydrogen-bond donors (Lipinski definition) is 7. The van der Waals surface area contributed by atoms with Crippen LogP contribution in [0.4, 0.5) is 5.82 Å². The molecule has 18 nitrogen and oxygen atoms in total. The monoisotopic (exact) mass is 621 g/mol. The van der Waals surface area contributed by atoms with Gasteiger partial charge in [-0.3, -0.25) is 14.1 Å². The first-order chi connectivity index (χ1) is 19.5. The molecule has 1 saturated carbocycles. The van der Waals surface area contributed by atoms with Crippen molar-refractivity contribution in [2.24, 2.45) is 0 Å². The van der Waals surface area contributed by atoms with Crippen molar-refractivity contribution in [2.45, 2.75) is 68.2 Å². The molecule has 7 N–H and O–H groups in total. The highest BCUT2D eigenvalue weighted by Crippen LogP contribution is 2.51. The van der Waals surface area contributed by atoms with Crippen molar-refractivity contribution in [1.82, 2.24) is 29.9 Å². The number of fused-ring (bicyclic) bond motifs is 1. The highest BCUT2D eigenvalue weighted by Gasteiger charge is 2.51. The van der Waals surface area contributed by atoms with Gasteiger partial charge in [0.2, 0.25) is 10.6 Å². The molecular formula is C21H29ClN7O11P. The Morgan fingerprint density at radius 3 is 2.66 bits per heavy atom. The molecule has 1 saturated heterocycles. The normalized spacial score (nSPS) is 25.2. The van der Waals surface area contributed by atoms with Crippen LogP contribution in [0.25, 0.3) is 11.0 Å². The summed E-state index contributed by atoms with van der Waals surface area (Å²) in [7, 11) is -5.20. The van der Waals surface area contributed by atoms with E-state index in [9.17, 15) is 34.5 Å². The Balaban J connectivity index is 1.31. The number of aliphatic hydroxyl groups is 3. The first-order valence-electron chi connectivity index (χ1n) is 12.6. The minimum absolute atomic E-state index is 0.0648. The van der Waals surface area contributed by atoms with Gasteiger partial charge in [-0.2, -0.15) is 15.1 Å². The van der Waals surface area contributed by atoms with Gasteiger partial charge < -0.3 is 44.6 Å². The Bertz CT molecular complexity index is 1460. The fraction of sp³-hybridized carbons (Fsp3) is 0.667. The number of H-pyrrole nitrogens is 1. The first-order valence-corrected chi connectivity index (χ1v) is 14.6. The van der Waals surface area contributed by atoms with Crippen LogP contribution in [-0.4, -0.2) is 105 Å². The second kappa shape index (κ2) is 12.0. The van der Waals surface area contributed by atoms with Crippen LogP contribution in [0.3, 0.4) is 0 Å². The van der Waals surface area contributed by atoms with Crippen LogP contribution in [0.15, 0.2) is 15.5 Å². The maximum absolute atomic E-state index is 12.3. The molecule has 3 aromatic heterocycles. The summed E-state index contributed by atoms with van der Waals surface area (Å²) in [6.07, 6.45) is -0.111. The number of nitrogens with zero attached hydrogens (tertiary/aromatic N) is 5. The number of aromatic nitrogens is 6. The van der Waals surface area contributed by atoms with Crippen molar-refractivity contribution < 1.29 is 48.4 Å². The lowest BCUT2D eigenvalue weighted by Crippen LogP contribution is -2.45. The van der Waals surface area contributed by atoms with Crippen LogP contribution < -0.4 is 11.1 Å². The van der Waals surface area contributed by atoms with Crippen molar-refractivity contribution in [2.75, 3.05) is 25.1 Å². The average molecular weight is 622 g/mol. The number of halogens is 1. The summed E-state index contributed by atoms with van der Waals surface area (Å²) in [5, 5.41) is 40.2. The molecule has 1 unspecified atom stereocenters. The smallest absolute Gasteiger partial charge is 0.393 e. The van der Waals surface area contributed by atoms with Gasteiger partial charge in [0, 0.05) is 6.04 Å². The molecule has 2 aliphatic rings. The third-order valence-electron chi connectivity index (χ3n) is 7.05. The molecule has 3 aromatic rings. The summed E-state index contributed by atoms with van der Waals surface area (Å²) in [5.74, 6) is -0.455.